The summed E-state index contributed by atoms with van der Waals surface area (Å²) in [5.41, 5.74) is 4.28. The van der Waals surface area contributed by atoms with Crippen molar-refractivity contribution in [3.8, 4) is 6.07 Å². The molecule has 0 radical (unpaired) electrons. The first-order chi connectivity index (χ1) is 9.10. The molecule has 19 heavy (non-hydrogen) atoms. The molecule has 0 spiro atoms. The predicted molar refractivity (Wildman–Crippen MR) is 67.1 cm³/mol. The number of rotatable bonds is 2. The Hall–Kier alpha value is -2.94. The quantitative estimate of drug-likeness (QED) is 0.489. The topological polar surface area (TPSA) is 91.6 Å². The molecule has 0 fully saturated rings. The summed E-state index contributed by atoms with van der Waals surface area (Å²) in [4.78, 5) is 22.4. The molecule has 6 heteroatoms. The van der Waals surface area contributed by atoms with E-state index in [1.54, 1.807) is 31.2 Å². The van der Waals surface area contributed by atoms with Crippen molar-refractivity contribution in [3.05, 3.63) is 41.5 Å². The van der Waals surface area contributed by atoms with Crippen molar-refractivity contribution in [2.24, 2.45) is 5.10 Å². The van der Waals surface area contributed by atoms with Crippen molar-refractivity contribution >= 4 is 23.3 Å². The van der Waals surface area contributed by atoms with Crippen LogP contribution in [-0.4, -0.2) is 17.7 Å². The maximum atomic E-state index is 11.4. The number of carbonyl (C=O) groups is 2. The molecule has 1 aliphatic heterocycles. The summed E-state index contributed by atoms with van der Waals surface area (Å²) < 4.78 is 4.43. The summed E-state index contributed by atoms with van der Waals surface area (Å²) >= 11 is 0. The van der Waals surface area contributed by atoms with Crippen molar-refractivity contribution in [1.82, 2.24) is 0 Å². The SMILES string of the molecule is CC1=CC(=O)OC(=O)C1=NNc1ccc(C#N)cc1. The number of nitrogens with zero attached hydrogens (tertiary/aromatic N) is 2. The van der Waals surface area contributed by atoms with Gasteiger partial charge in [0.05, 0.1) is 17.3 Å². The van der Waals surface area contributed by atoms with Crippen LogP contribution in [0.5, 0.6) is 0 Å². The van der Waals surface area contributed by atoms with Crippen molar-refractivity contribution < 1.29 is 14.3 Å². The van der Waals surface area contributed by atoms with E-state index in [2.05, 4.69) is 15.3 Å². The fourth-order valence-electron chi connectivity index (χ4n) is 1.45. The Bertz CT molecular complexity index is 636. The summed E-state index contributed by atoms with van der Waals surface area (Å²) in [7, 11) is 0. The van der Waals surface area contributed by atoms with Crippen LogP contribution in [-0.2, 0) is 14.3 Å². The van der Waals surface area contributed by atoms with E-state index in [9.17, 15) is 9.59 Å². The number of ether oxygens (including phenoxy) is 1. The average Bonchev–Trinajstić information content (AvgIpc) is 2.38. The molecule has 0 bridgehead atoms. The van der Waals surface area contributed by atoms with E-state index in [1.807, 2.05) is 6.07 Å². The van der Waals surface area contributed by atoms with E-state index in [0.29, 0.717) is 16.8 Å². The largest absolute Gasteiger partial charge is 0.385 e. The van der Waals surface area contributed by atoms with Gasteiger partial charge in [-0.2, -0.15) is 10.4 Å². The number of benzene rings is 1. The minimum atomic E-state index is -0.786. The zero-order valence-corrected chi connectivity index (χ0v) is 10.0. The molecule has 1 aromatic carbocycles. The number of cyclic esters (lactones) is 2. The average molecular weight is 255 g/mol. The summed E-state index contributed by atoms with van der Waals surface area (Å²) in [5.74, 6) is -1.48. The third kappa shape index (κ3) is 2.84. The Morgan fingerprint density at radius 1 is 1.26 bits per heavy atom. The Labute approximate surface area is 109 Å². The highest BCUT2D eigenvalue weighted by Gasteiger charge is 2.24. The van der Waals surface area contributed by atoms with Gasteiger partial charge in [0.15, 0.2) is 5.71 Å². The molecule has 2 rings (SSSR count). The van der Waals surface area contributed by atoms with E-state index in [1.165, 1.54) is 6.08 Å². The van der Waals surface area contributed by atoms with Crippen molar-refractivity contribution in [3.63, 3.8) is 0 Å². The molecule has 0 atom stereocenters. The van der Waals surface area contributed by atoms with Crippen LogP contribution >= 0.6 is 0 Å². The molecule has 1 N–H and O–H groups in total. The number of nitrogens with one attached hydrogen (secondary N) is 1. The van der Waals surface area contributed by atoms with Gasteiger partial charge in [-0.15, -0.1) is 0 Å². The van der Waals surface area contributed by atoms with Gasteiger partial charge in [-0.3, -0.25) is 5.43 Å². The van der Waals surface area contributed by atoms with Gasteiger partial charge in [0.25, 0.3) is 0 Å². The third-order valence-electron chi connectivity index (χ3n) is 2.41. The molecule has 0 amide bonds. The number of hydrogen-bond donors (Lipinski definition) is 1. The lowest BCUT2D eigenvalue weighted by molar-refractivity contribution is -0.151. The molecular weight excluding hydrogens is 246 g/mol. The number of nitriles is 1. The second-order valence-electron chi connectivity index (χ2n) is 3.80. The second-order valence-corrected chi connectivity index (χ2v) is 3.80. The van der Waals surface area contributed by atoms with Gasteiger partial charge in [0.1, 0.15) is 0 Å². The number of hydrazone groups is 1. The number of esters is 2. The van der Waals surface area contributed by atoms with Crippen molar-refractivity contribution in [2.45, 2.75) is 6.92 Å². The van der Waals surface area contributed by atoms with Gasteiger partial charge in [-0.1, -0.05) is 0 Å². The molecule has 1 aliphatic rings. The van der Waals surface area contributed by atoms with Gasteiger partial charge in [0, 0.05) is 6.08 Å². The van der Waals surface area contributed by atoms with Gasteiger partial charge in [0.2, 0.25) is 0 Å². The van der Waals surface area contributed by atoms with Crippen LogP contribution in [0.15, 0.2) is 41.0 Å². The molecule has 0 unspecified atom stereocenters. The molecule has 94 valence electrons. The molecule has 0 aliphatic carbocycles. The van der Waals surface area contributed by atoms with E-state index in [0.717, 1.165) is 0 Å². The molecule has 0 saturated heterocycles. The van der Waals surface area contributed by atoms with E-state index in [4.69, 9.17) is 5.26 Å². The standard InChI is InChI=1S/C13H9N3O3/c1-8-6-11(17)19-13(18)12(8)16-15-10-4-2-9(7-14)3-5-10/h2-6,15H,1H3. The Morgan fingerprint density at radius 3 is 2.53 bits per heavy atom. The van der Waals surface area contributed by atoms with Crippen molar-refractivity contribution in [1.29, 1.82) is 5.26 Å². The van der Waals surface area contributed by atoms with Crippen molar-refractivity contribution in [2.75, 3.05) is 5.43 Å². The van der Waals surface area contributed by atoms with Crippen LogP contribution in [0.3, 0.4) is 0 Å². The van der Waals surface area contributed by atoms with Crippen LogP contribution in [0.25, 0.3) is 0 Å². The zero-order valence-electron chi connectivity index (χ0n) is 10.0. The lowest BCUT2D eigenvalue weighted by Crippen LogP contribution is -2.27. The van der Waals surface area contributed by atoms with Gasteiger partial charge >= 0.3 is 11.9 Å². The smallest absolute Gasteiger partial charge is 0.366 e. The summed E-state index contributed by atoms with van der Waals surface area (Å²) in [6, 6.07) is 8.54. The van der Waals surface area contributed by atoms with Crippen LogP contribution in [0.2, 0.25) is 0 Å². The molecule has 1 heterocycles. The van der Waals surface area contributed by atoms with Gasteiger partial charge < -0.3 is 4.74 Å². The van der Waals surface area contributed by atoms with Crippen LogP contribution in [0.4, 0.5) is 5.69 Å². The first-order valence-corrected chi connectivity index (χ1v) is 5.39. The van der Waals surface area contributed by atoms with Gasteiger partial charge in [-0.25, -0.2) is 9.59 Å². The molecule has 6 nitrogen and oxygen atoms in total. The fraction of sp³-hybridized carbons (Fsp3) is 0.0769. The fourth-order valence-corrected chi connectivity index (χ4v) is 1.45. The highest BCUT2D eigenvalue weighted by Crippen LogP contribution is 2.11. The number of hydrogen-bond acceptors (Lipinski definition) is 6. The Balaban J connectivity index is 2.18. The lowest BCUT2D eigenvalue weighted by atomic mass is 10.1. The predicted octanol–water partition coefficient (Wildman–Crippen LogP) is 1.36. The van der Waals surface area contributed by atoms with Gasteiger partial charge in [-0.05, 0) is 36.8 Å². The zero-order chi connectivity index (χ0) is 13.8. The van der Waals surface area contributed by atoms with E-state index >= 15 is 0 Å². The maximum Gasteiger partial charge on any atom is 0.366 e. The second kappa shape index (κ2) is 5.14. The third-order valence-corrected chi connectivity index (χ3v) is 2.41. The van der Waals surface area contributed by atoms with E-state index in [-0.39, 0.29) is 5.71 Å². The molecular formula is C13H9N3O3. The van der Waals surface area contributed by atoms with Crippen LogP contribution in [0, 0.1) is 11.3 Å². The maximum absolute atomic E-state index is 11.4. The molecule has 1 aromatic rings. The highest BCUT2D eigenvalue weighted by molar-refractivity contribution is 6.46. The minimum Gasteiger partial charge on any atom is -0.385 e. The summed E-state index contributed by atoms with van der Waals surface area (Å²) in [5, 5.41) is 12.6. The van der Waals surface area contributed by atoms with E-state index < -0.39 is 11.9 Å². The van der Waals surface area contributed by atoms with Crippen LogP contribution in [0.1, 0.15) is 12.5 Å². The highest BCUT2D eigenvalue weighted by atomic mass is 16.6. The normalized spacial score (nSPS) is 16.6. The summed E-state index contributed by atoms with van der Waals surface area (Å²) in [6.45, 7) is 1.59. The minimum absolute atomic E-state index is 0.0453. The first-order valence-electron chi connectivity index (χ1n) is 5.39. The monoisotopic (exact) mass is 255 g/mol. The van der Waals surface area contributed by atoms with Crippen LogP contribution < -0.4 is 5.43 Å². The Kier molecular flexibility index (Phi) is 3.39. The number of carbonyl (C=O) groups excluding carboxylic acids is 2. The summed E-state index contributed by atoms with van der Waals surface area (Å²) in [6.07, 6.45) is 1.20. The lowest BCUT2D eigenvalue weighted by Gasteiger charge is -2.10. The first kappa shape index (κ1) is 12.5. The molecule has 0 saturated carbocycles. The molecule has 0 aromatic heterocycles. The Morgan fingerprint density at radius 2 is 1.95 bits per heavy atom. The number of anilines is 1.